The van der Waals surface area contributed by atoms with E-state index in [0.29, 0.717) is 30.2 Å². The van der Waals surface area contributed by atoms with Crippen LogP contribution in [0.25, 0.3) is 0 Å². The number of nitrogens with zero attached hydrogens (tertiary/aromatic N) is 1. The zero-order chi connectivity index (χ0) is 15.6. The third kappa shape index (κ3) is 4.02. The van der Waals surface area contributed by atoms with Gasteiger partial charge in [-0.2, -0.15) is 0 Å². The van der Waals surface area contributed by atoms with Gasteiger partial charge < -0.3 is 20.1 Å². The number of amides is 1. The first-order chi connectivity index (χ1) is 9.78. The summed E-state index contributed by atoms with van der Waals surface area (Å²) in [5, 5.41) is 13.6. The van der Waals surface area contributed by atoms with E-state index >= 15 is 0 Å². The third-order valence-corrected chi connectivity index (χ3v) is 3.53. The van der Waals surface area contributed by atoms with Gasteiger partial charge in [-0.25, -0.2) is 4.79 Å². The van der Waals surface area contributed by atoms with Crippen molar-refractivity contribution in [3.63, 3.8) is 0 Å². The third-order valence-electron chi connectivity index (χ3n) is 3.22. The van der Waals surface area contributed by atoms with Gasteiger partial charge in [-0.15, -0.1) is 0 Å². The number of piperazine rings is 1. The molecule has 1 saturated heterocycles. The van der Waals surface area contributed by atoms with Crippen molar-refractivity contribution in [1.29, 1.82) is 0 Å². The van der Waals surface area contributed by atoms with Crippen LogP contribution in [0.2, 0.25) is 5.02 Å². The maximum atomic E-state index is 12.1. The van der Waals surface area contributed by atoms with E-state index < -0.39 is 5.60 Å². The number of benzene rings is 1. The fourth-order valence-electron chi connectivity index (χ4n) is 2.26. The molecule has 1 aromatic rings. The Hall–Kier alpha value is -1.46. The van der Waals surface area contributed by atoms with E-state index in [2.05, 4.69) is 5.32 Å². The monoisotopic (exact) mass is 312 g/mol. The van der Waals surface area contributed by atoms with Crippen molar-refractivity contribution in [3.8, 4) is 5.75 Å². The smallest absolute Gasteiger partial charge is 0.410 e. The summed E-state index contributed by atoms with van der Waals surface area (Å²) in [4.78, 5) is 13.8. The van der Waals surface area contributed by atoms with Gasteiger partial charge in [-0.05, 0) is 26.8 Å². The first-order valence-corrected chi connectivity index (χ1v) is 7.34. The molecular formula is C15H21ClN2O3. The topological polar surface area (TPSA) is 61.8 Å². The fraction of sp³-hybridized carbons (Fsp3) is 0.533. The SMILES string of the molecule is CC(C)(C)OC(=O)N1CCNC(c2cccc(Cl)c2O)C1. The maximum absolute atomic E-state index is 12.1. The first-order valence-electron chi connectivity index (χ1n) is 6.96. The molecule has 1 fully saturated rings. The molecule has 1 amide bonds. The number of ether oxygens (including phenoxy) is 1. The summed E-state index contributed by atoms with van der Waals surface area (Å²) in [7, 11) is 0. The number of hydrogen-bond acceptors (Lipinski definition) is 4. The van der Waals surface area contributed by atoms with E-state index in [-0.39, 0.29) is 17.9 Å². The van der Waals surface area contributed by atoms with Crippen LogP contribution in [0.3, 0.4) is 0 Å². The lowest BCUT2D eigenvalue weighted by molar-refractivity contribution is 0.0194. The van der Waals surface area contributed by atoms with Crippen LogP contribution in [0.15, 0.2) is 18.2 Å². The normalized spacial score (nSPS) is 19.4. The Bertz CT molecular complexity index is 528. The van der Waals surface area contributed by atoms with Gasteiger partial charge in [0.15, 0.2) is 0 Å². The van der Waals surface area contributed by atoms with Gasteiger partial charge in [0.1, 0.15) is 11.4 Å². The van der Waals surface area contributed by atoms with Crippen LogP contribution >= 0.6 is 11.6 Å². The molecule has 0 bridgehead atoms. The first kappa shape index (κ1) is 15.9. The van der Waals surface area contributed by atoms with Crippen LogP contribution in [0, 0.1) is 0 Å². The summed E-state index contributed by atoms with van der Waals surface area (Å²) in [6, 6.07) is 5.06. The van der Waals surface area contributed by atoms with Crippen LogP contribution in [-0.2, 0) is 4.74 Å². The molecule has 0 aromatic heterocycles. The highest BCUT2D eigenvalue weighted by atomic mass is 35.5. The predicted molar refractivity (Wildman–Crippen MR) is 81.7 cm³/mol. The Morgan fingerprint density at radius 3 is 2.86 bits per heavy atom. The molecule has 6 heteroatoms. The molecule has 0 radical (unpaired) electrons. The van der Waals surface area contributed by atoms with E-state index in [9.17, 15) is 9.90 Å². The highest BCUT2D eigenvalue weighted by Gasteiger charge is 2.29. The zero-order valence-corrected chi connectivity index (χ0v) is 13.3. The number of rotatable bonds is 1. The number of carbonyl (C=O) groups is 1. The highest BCUT2D eigenvalue weighted by Crippen LogP contribution is 2.32. The summed E-state index contributed by atoms with van der Waals surface area (Å²) < 4.78 is 5.39. The minimum atomic E-state index is -0.518. The summed E-state index contributed by atoms with van der Waals surface area (Å²) >= 11 is 5.94. The van der Waals surface area contributed by atoms with Gasteiger partial charge in [0.05, 0.1) is 11.1 Å². The zero-order valence-electron chi connectivity index (χ0n) is 12.5. The summed E-state index contributed by atoms with van der Waals surface area (Å²) in [6.45, 7) is 7.17. The van der Waals surface area contributed by atoms with Crippen LogP contribution in [-0.4, -0.2) is 41.3 Å². The largest absolute Gasteiger partial charge is 0.506 e. The lowest BCUT2D eigenvalue weighted by Crippen LogP contribution is -2.49. The minimum Gasteiger partial charge on any atom is -0.506 e. The van der Waals surface area contributed by atoms with E-state index in [1.165, 1.54) is 0 Å². The van der Waals surface area contributed by atoms with Crippen LogP contribution < -0.4 is 5.32 Å². The molecule has 2 rings (SSSR count). The molecule has 116 valence electrons. The second kappa shape index (κ2) is 6.12. The Kier molecular flexibility index (Phi) is 4.64. The summed E-state index contributed by atoms with van der Waals surface area (Å²) in [5.74, 6) is 0.0581. The average Bonchev–Trinajstić information content (AvgIpc) is 2.40. The number of nitrogens with one attached hydrogen (secondary N) is 1. The molecule has 1 aromatic carbocycles. The van der Waals surface area contributed by atoms with Crippen LogP contribution in [0.5, 0.6) is 5.75 Å². The Balaban J connectivity index is 2.10. The number of aromatic hydroxyl groups is 1. The average molecular weight is 313 g/mol. The standard InChI is InChI=1S/C15H21ClN2O3/c1-15(2,3)21-14(20)18-8-7-17-12(9-18)10-5-4-6-11(16)13(10)19/h4-6,12,17,19H,7-9H2,1-3H3. The molecule has 0 spiro atoms. The fourth-order valence-corrected chi connectivity index (χ4v) is 2.45. The lowest BCUT2D eigenvalue weighted by atomic mass is 10.0. The van der Waals surface area contributed by atoms with Crippen molar-refractivity contribution >= 4 is 17.7 Å². The number of hydrogen-bond donors (Lipinski definition) is 2. The minimum absolute atomic E-state index is 0.0581. The van der Waals surface area contributed by atoms with Gasteiger partial charge in [0.25, 0.3) is 0 Å². The molecular weight excluding hydrogens is 292 g/mol. The number of halogens is 1. The molecule has 1 aliphatic rings. The van der Waals surface area contributed by atoms with E-state index in [0.717, 1.165) is 0 Å². The van der Waals surface area contributed by atoms with Gasteiger partial charge in [0.2, 0.25) is 0 Å². The molecule has 0 saturated carbocycles. The Morgan fingerprint density at radius 2 is 2.19 bits per heavy atom. The quantitative estimate of drug-likeness (QED) is 0.837. The number of para-hydroxylation sites is 1. The van der Waals surface area contributed by atoms with Gasteiger partial charge in [-0.3, -0.25) is 0 Å². The number of phenols is 1. The van der Waals surface area contributed by atoms with Crippen molar-refractivity contribution in [2.24, 2.45) is 0 Å². The van der Waals surface area contributed by atoms with Gasteiger partial charge in [-0.1, -0.05) is 23.7 Å². The van der Waals surface area contributed by atoms with Crippen molar-refractivity contribution < 1.29 is 14.6 Å². The molecule has 2 N–H and O–H groups in total. The van der Waals surface area contributed by atoms with Crippen molar-refractivity contribution in [2.75, 3.05) is 19.6 Å². The summed E-state index contributed by atoms with van der Waals surface area (Å²) in [5.41, 5.74) is 0.172. The van der Waals surface area contributed by atoms with Gasteiger partial charge >= 0.3 is 6.09 Å². The van der Waals surface area contributed by atoms with Crippen LogP contribution in [0.1, 0.15) is 32.4 Å². The lowest BCUT2D eigenvalue weighted by Gasteiger charge is -2.35. The second-order valence-electron chi connectivity index (χ2n) is 6.11. The second-order valence-corrected chi connectivity index (χ2v) is 6.52. The summed E-state index contributed by atoms with van der Waals surface area (Å²) in [6.07, 6.45) is -0.337. The molecule has 1 heterocycles. The molecule has 1 aliphatic heterocycles. The molecule has 0 aliphatic carbocycles. The highest BCUT2D eigenvalue weighted by molar-refractivity contribution is 6.32. The van der Waals surface area contributed by atoms with Crippen molar-refractivity contribution in [1.82, 2.24) is 10.2 Å². The van der Waals surface area contributed by atoms with E-state index in [4.69, 9.17) is 16.3 Å². The molecule has 1 atom stereocenters. The van der Waals surface area contributed by atoms with Crippen molar-refractivity contribution in [2.45, 2.75) is 32.4 Å². The van der Waals surface area contributed by atoms with E-state index in [1.807, 2.05) is 20.8 Å². The Labute approximate surface area is 129 Å². The molecule has 21 heavy (non-hydrogen) atoms. The molecule has 1 unspecified atom stereocenters. The number of carbonyl (C=O) groups excluding carboxylic acids is 1. The maximum Gasteiger partial charge on any atom is 0.410 e. The van der Waals surface area contributed by atoms with Crippen LogP contribution in [0.4, 0.5) is 4.79 Å². The predicted octanol–water partition coefficient (Wildman–Crippen LogP) is 2.93. The van der Waals surface area contributed by atoms with E-state index in [1.54, 1.807) is 23.1 Å². The van der Waals surface area contributed by atoms with Gasteiger partial charge in [0, 0.05) is 25.2 Å². The van der Waals surface area contributed by atoms with Crippen molar-refractivity contribution in [3.05, 3.63) is 28.8 Å². The number of phenolic OH excluding ortho intramolecular Hbond substituents is 1. The Morgan fingerprint density at radius 1 is 1.48 bits per heavy atom. The molecule has 5 nitrogen and oxygen atoms in total.